The standard InChI is InChI=1S/C8H16S4/c1-7(9)4-10-3-2-8-5-11-6-12-8/h7-9H,2-6H2,1H3. The fourth-order valence-electron chi connectivity index (χ4n) is 1.01. The van der Waals surface area contributed by atoms with Crippen molar-refractivity contribution in [2.45, 2.75) is 23.8 Å². The predicted octanol–water partition coefficient (Wildman–Crippen LogP) is 3.23. The Labute approximate surface area is 93.8 Å². The first-order valence-electron chi connectivity index (χ1n) is 4.24. The van der Waals surface area contributed by atoms with Crippen LogP contribution < -0.4 is 0 Å². The van der Waals surface area contributed by atoms with E-state index in [1.807, 2.05) is 11.8 Å². The Morgan fingerprint density at radius 2 is 2.50 bits per heavy atom. The molecular weight excluding hydrogens is 224 g/mol. The lowest BCUT2D eigenvalue weighted by atomic mass is 10.4. The Hall–Kier alpha value is 1.40. The van der Waals surface area contributed by atoms with Crippen LogP contribution in [0.15, 0.2) is 0 Å². The zero-order valence-electron chi connectivity index (χ0n) is 7.36. The van der Waals surface area contributed by atoms with Gasteiger partial charge in [0.2, 0.25) is 0 Å². The maximum atomic E-state index is 4.35. The van der Waals surface area contributed by atoms with Gasteiger partial charge in [0, 0.05) is 27.1 Å². The van der Waals surface area contributed by atoms with Crippen LogP contribution >= 0.6 is 47.9 Å². The molecule has 12 heavy (non-hydrogen) atoms. The minimum atomic E-state index is 0.556. The van der Waals surface area contributed by atoms with Gasteiger partial charge in [-0.25, -0.2) is 0 Å². The maximum Gasteiger partial charge on any atom is 0.0395 e. The molecule has 2 unspecified atom stereocenters. The molecule has 0 aromatic rings. The van der Waals surface area contributed by atoms with E-state index in [1.54, 1.807) is 0 Å². The van der Waals surface area contributed by atoms with Crippen molar-refractivity contribution in [1.29, 1.82) is 0 Å². The van der Waals surface area contributed by atoms with Crippen LogP contribution in [0.25, 0.3) is 0 Å². The minimum absolute atomic E-state index is 0.556. The van der Waals surface area contributed by atoms with E-state index in [0.29, 0.717) is 5.25 Å². The van der Waals surface area contributed by atoms with E-state index in [0.717, 1.165) is 5.25 Å². The lowest BCUT2D eigenvalue weighted by Gasteiger charge is -2.07. The Bertz CT molecular complexity index is 110. The fourth-order valence-corrected chi connectivity index (χ4v) is 5.36. The molecule has 1 fully saturated rings. The molecule has 4 heteroatoms. The Morgan fingerprint density at radius 3 is 3.08 bits per heavy atom. The zero-order chi connectivity index (χ0) is 8.81. The molecule has 0 bridgehead atoms. The molecule has 1 aliphatic heterocycles. The second kappa shape index (κ2) is 6.80. The molecule has 0 aromatic carbocycles. The SMILES string of the molecule is CC(S)CSCCC1CSCS1. The number of thioether (sulfide) groups is 3. The summed E-state index contributed by atoms with van der Waals surface area (Å²) in [6.45, 7) is 2.16. The molecular formula is C8H16S4. The van der Waals surface area contributed by atoms with Gasteiger partial charge in [-0.15, -0.1) is 23.5 Å². The molecule has 0 radical (unpaired) electrons. The van der Waals surface area contributed by atoms with Crippen LogP contribution in [0, 0.1) is 0 Å². The molecule has 1 aliphatic rings. The van der Waals surface area contributed by atoms with Crippen molar-refractivity contribution < 1.29 is 0 Å². The summed E-state index contributed by atoms with van der Waals surface area (Å²) in [5.41, 5.74) is 0. The van der Waals surface area contributed by atoms with Gasteiger partial charge in [-0.1, -0.05) is 6.92 Å². The smallest absolute Gasteiger partial charge is 0.0395 e. The average molecular weight is 240 g/mol. The topological polar surface area (TPSA) is 0 Å². The van der Waals surface area contributed by atoms with Gasteiger partial charge in [0.1, 0.15) is 0 Å². The lowest BCUT2D eigenvalue weighted by Crippen LogP contribution is -2.04. The van der Waals surface area contributed by atoms with E-state index in [4.69, 9.17) is 0 Å². The second-order valence-electron chi connectivity index (χ2n) is 2.99. The van der Waals surface area contributed by atoms with Crippen LogP contribution in [0.4, 0.5) is 0 Å². The molecule has 0 N–H and O–H groups in total. The summed E-state index contributed by atoms with van der Waals surface area (Å²) in [4.78, 5) is 0. The fraction of sp³-hybridized carbons (Fsp3) is 1.00. The third kappa shape index (κ3) is 5.20. The van der Waals surface area contributed by atoms with Gasteiger partial charge in [-0.05, 0) is 12.2 Å². The largest absolute Gasteiger partial charge is 0.175 e. The third-order valence-corrected chi connectivity index (χ3v) is 6.26. The summed E-state index contributed by atoms with van der Waals surface area (Å²) in [5.74, 6) is 3.90. The Kier molecular flexibility index (Phi) is 6.50. The van der Waals surface area contributed by atoms with E-state index < -0.39 is 0 Å². The van der Waals surface area contributed by atoms with E-state index in [2.05, 4.69) is 43.1 Å². The molecule has 2 atom stereocenters. The average Bonchev–Trinajstić information content (AvgIpc) is 2.49. The third-order valence-electron chi connectivity index (χ3n) is 1.63. The van der Waals surface area contributed by atoms with Crippen molar-refractivity contribution >= 4 is 47.9 Å². The number of thiol groups is 1. The zero-order valence-corrected chi connectivity index (χ0v) is 10.7. The molecule has 0 nitrogen and oxygen atoms in total. The first-order chi connectivity index (χ1) is 5.79. The second-order valence-corrected chi connectivity index (χ2v) is 7.71. The van der Waals surface area contributed by atoms with E-state index in [-0.39, 0.29) is 0 Å². The summed E-state index contributed by atoms with van der Waals surface area (Å²) in [6, 6.07) is 0. The molecule has 1 heterocycles. The Balaban J connectivity index is 1.88. The number of rotatable bonds is 5. The summed E-state index contributed by atoms with van der Waals surface area (Å²) < 4.78 is 0. The molecule has 1 saturated heterocycles. The van der Waals surface area contributed by atoms with E-state index in [9.17, 15) is 0 Å². The van der Waals surface area contributed by atoms with Crippen LogP contribution in [0.3, 0.4) is 0 Å². The van der Waals surface area contributed by atoms with Gasteiger partial charge >= 0.3 is 0 Å². The summed E-state index contributed by atoms with van der Waals surface area (Å²) >= 11 is 10.6. The van der Waals surface area contributed by atoms with Crippen molar-refractivity contribution in [3.8, 4) is 0 Å². The van der Waals surface area contributed by atoms with Gasteiger partial charge in [-0.2, -0.15) is 24.4 Å². The summed E-state index contributed by atoms with van der Waals surface area (Å²) in [5, 5.41) is 2.82. The monoisotopic (exact) mass is 240 g/mol. The first-order valence-corrected chi connectivity index (χ1v) is 8.11. The highest BCUT2D eigenvalue weighted by molar-refractivity contribution is 8.19. The van der Waals surface area contributed by atoms with Crippen LogP contribution in [0.5, 0.6) is 0 Å². The van der Waals surface area contributed by atoms with Gasteiger partial charge in [0.15, 0.2) is 0 Å². The van der Waals surface area contributed by atoms with Gasteiger partial charge < -0.3 is 0 Å². The van der Waals surface area contributed by atoms with Crippen LogP contribution in [-0.2, 0) is 0 Å². The molecule has 72 valence electrons. The normalized spacial score (nSPS) is 26.0. The molecule has 0 aromatic heterocycles. The van der Waals surface area contributed by atoms with Crippen LogP contribution in [-0.4, -0.2) is 32.8 Å². The molecule has 0 spiro atoms. The number of hydrogen-bond acceptors (Lipinski definition) is 4. The van der Waals surface area contributed by atoms with E-state index >= 15 is 0 Å². The van der Waals surface area contributed by atoms with Crippen molar-refractivity contribution in [2.24, 2.45) is 0 Å². The minimum Gasteiger partial charge on any atom is -0.175 e. The van der Waals surface area contributed by atoms with Gasteiger partial charge in [0.25, 0.3) is 0 Å². The molecule has 0 amide bonds. The van der Waals surface area contributed by atoms with Gasteiger partial charge in [-0.3, -0.25) is 0 Å². The quantitative estimate of drug-likeness (QED) is 0.579. The summed E-state index contributed by atoms with van der Waals surface area (Å²) in [6.07, 6.45) is 1.39. The number of hydrogen-bond donors (Lipinski definition) is 1. The van der Waals surface area contributed by atoms with Crippen molar-refractivity contribution in [2.75, 3.05) is 22.3 Å². The van der Waals surface area contributed by atoms with Gasteiger partial charge in [0.05, 0.1) is 0 Å². The van der Waals surface area contributed by atoms with Crippen molar-refractivity contribution in [3.05, 3.63) is 0 Å². The highest BCUT2D eigenvalue weighted by Crippen LogP contribution is 2.32. The van der Waals surface area contributed by atoms with E-state index in [1.165, 1.54) is 28.8 Å². The highest BCUT2D eigenvalue weighted by Gasteiger charge is 2.15. The highest BCUT2D eigenvalue weighted by atomic mass is 32.2. The van der Waals surface area contributed by atoms with Crippen molar-refractivity contribution in [1.82, 2.24) is 0 Å². The molecule has 0 saturated carbocycles. The lowest BCUT2D eigenvalue weighted by molar-refractivity contribution is 0.935. The first kappa shape index (κ1) is 11.5. The molecule has 0 aliphatic carbocycles. The molecule has 1 rings (SSSR count). The maximum absolute atomic E-state index is 4.35. The van der Waals surface area contributed by atoms with Crippen molar-refractivity contribution in [3.63, 3.8) is 0 Å². The predicted molar refractivity (Wildman–Crippen MR) is 69.1 cm³/mol. The summed E-state index contributed by atoms with van der Waals surface area (Å²) in [7, 11) is 0. The van der Waals surface area contributed by atoms with Crippen LogP contribution in [0.1, 0.15) is 13.3 Å². The Morgan fingerprint density at radius 1 is 1.67 bits per heavy atom. The van der Waals surface area contributed by atoms with Crippen LogP contribution in [0.2, 0.25) is 0 Å².